The van der Waals surface area contributed by atoms with Gasteiger partial charge in [0, 0.05) is 7.05 Å². The standard InChI is InChI=1S/C19H20N2O2S/c1-13-8-9-16(14(2)10-13)23-12-19(22)21(3)11-18-20-15-6-4-5-7-17(15)24-18/h4-10H,11-12H2,1-3H3. The summed E-state index contributed by atoms with van der Waals surface area (Å²) >= 11 is 1.62. The molecule has 1 amide bonds. The van der Waals surface area contributed by atoms with Crippen LogP contribution in [0.2, 0.25) is 0 Å². The molecule has 0 saturated heterocycles. The Morgan fingerprint density at radius 3 is 2.75 bits per heavy atom. The first-order chi connectivity index (χ1) is 11.5. The van der Waals surface area contributed by atoms with Gasteiger partial charge < -0.3 is 9.64 Å². The number of hydrogen-bond acceptors (Lipinski definition) is 4. The number of rotatable bonds is 5. The van der Waals surface area contributed by atoms with Crippen LogP contribution in [0.1, 0.15) is 16.1 Å². The number of carbonyl (C=O) groups is 1. The van der Waals surface area contributed by atoms with E-state index in [-0.39, 0.29) is 12.5 Å². The normalized spacial score (nSPS) is 10.8. The van der Waals surface area contributed by atoms with E-state index < -0.39 is 0 Å². The molecule has 0 saturated carbocycles. The number of nitrogens with zero attached hydrogens (tertiary/aromatic N) is 2. The van der Waals surface area contributed by atoms with Crippen molar-refractivity contribution in [3.63, 3.8) is 0 Å². The van der Waals surface area contributed by atoms with Crippen LogP contribution in [0.15, 0.2) is 42.5 Å². The van der Waals surface area contributed by atoms with Gasteiger partial charge in [0.2, 0.25) is 0 Å². The van der Waals surface area contributed by atoms with Crippen LogP contribution in [0.25, 0.3) is 10.2 Å². The predicted octanol–water partition coefficient (Wildman–Crippen LogP) is 3.95. The second-order valence-corrected chi connectivity index (χ2v) is 7.00. The topological polar surface area (TPSA) is 42.4 Å². The van der Waals surface area contributed by atoms with Gasteiger partial charge in [0.1, 0.15) is 10.8 Å². The van der Waals surface area contributed by atoms with Gasteiger partial charge >= 0.3 is 0 Å². The Labute approximate surface area is 145 Å². The van der Waals surface area contributed by atoms with Crippen molar-refractivity contribution in [2.75, 3.05) is 13.7 Å². The fourth-order valence-electron chi connectivity index (χ4n) is 2.49. The predicted molar refractivity (Wildman–Crippen MR) is 97.5 cm³/mol. The van der Waals surface area contributed by atoms with Crippen molar-refractivity contribution < 1.29 is 9.53 Å². The summed E-state index contributed by atoms with van der Waals surface area (Å²) in [4.78, 5) is 18.5. The van der Waals surface area contributed by atoms with Crippen molar-refractivity contribution in [3.05, 3.63) is 58.6 Å². The zero-order chi connectivity index (χ0) is 17.1. The van der Waals surface area contributed by atoms with Crippen molar-refractivity contribution in [1.29, 1.82) is 0 Å². The minimum atomic E-state index is -0.0609. The number of thiazole rings is 1. The minimum absolute atomic E-state index is 0.0330. The molecule has 0 fully saturated rings. The first-order valence-electron chi connectivity index (χ1n) is 7.81. The molecule has 0 bridgehead atoms. The molecule has 24 heavy (non-hydrogen) atoms. The quantitative estimate of drug-likeness (QED) is 0.706. The Morgan fingerprint density at radius 1 is 1.21 bits per heavy atom. The van der Waals surface area contributed by atoms with E-state index in [0.29, 0.717) is 6.54 Å². The first kappa shape index (κ1) is 16.5. The number of ether oxygens (including phenoxy) is 1. The number of amides is 1. The van der Waals surface area contributed by atoms with Crippen molar-refractivity contribution in [2.45, 2.75) is 20.4 Å². The highest BCUT2D eigenvalue weighted by Crippen LogP contribution is 2.22. The van der Waals surface area contributed by atoms with E-state index >= 15 is 0 Å². The molecule has 3 rings (SSSR count). The molecular weight excluding hydrogens is 320 g/mol. The van der Waals surface area contributed by atoms with Crippen LogP contribution in [0, 0.1) is 13.8 Å². The zero-order valence-electron chi connectivity index (χ0n) is 14.1. The van der Waals surface area contributed by atoms with E-state index in [4.69, 9.17) is 4.74 Å². The van der Waals surface area contributed by atoms with Crippen LogP contribution in [0.3, 0.4) is 0 Å². The first-order valence-corrected chi connectivity index (χ1v) is 8.63. The Kier molecular flexibility index (Phi) is 4.81. The molecule has 1 aromatic heterocycles. The van der Waals surface area contributed by atoms with E-state index in [1.807, 2.05) is 56.3 Å². The molecule has 0 N–H and O–H groups in total. The summed E-state index contributed by atoms with van der Waals surface area (Å²) in [6, 6.07) is 13.9. The second kappa shape index (κ2) is 7.01. The van der Waals surface area contributed by atoms with Crippen molar-refractivity contribution in [3.8, 4) is 5.75 Å². The molecule has 0 aliphatic carbocycles. The molecule has 0 aliphatic heterocycles. The molecular formula is C19H20N2O2S. The van der Waals surface area contributed by atoms with Crippen molar-refractivity contribution >= 4 is 27.5 Å². The van der Waals surface area contributed by atoms with Gasteiger partial charge in [0.05, 0.1) is 16.8 Å². The third-order valence-electron chi connectivity index (χ3n) is 3.82. The van der Waals surface area contributed by atoms with Crippen molar-refractivity contribution in [2.24, 2.45) is 0 Å². The number of aromatic nitrogens is 1. The van der Waals surface area contributed by atoms with Crippen LogP contribution < -0.4 is 4.74 Å². The molecule has 0 unspecified atom stereocenters. The van der Waals surface area contributed by atoms with Gasteiger partial charge in [-0.3, -0.25) is 4.79 Å². The largest absolute Gasteiger partial charge is 0.484 e. The molecule has 0 spiro atoms. The maximum Gasteiger partial charge on any atom is 0.260 e. The highest BCUT2D eigenvalue weighted by molar-refractivity contribution is 7.18. The lowest BCUT2D eigenvalue weighted by Crippen LogP contribution is -2.31. The summed E-state index contributed by atoms with van der Waals surface area (Å²) in [5, 5.41) is 0.929. The fourth-order valence-corrected chi connectivity index (χ4v) is 3.51. The third-order valence-corrected chi connectivity index (χ3v) is 4.84. The second-order valence-electron chi connectivity index (χ2n) is 5.88. The summed E-state index contributed by atoms with van der Waals surface area (Å²) < 4.78 is 6.80. The number of benzene rings is 2. The van der Waals surface area contributed by atoms with Crippen LogP contribution in [-0.2, 0) is 11.3 Å². The van der Waals surface area contributed by atoms with Gasteiger partial charge in [0.25, 0.3) is 5.91 Å². The summed E-state index contributed by atoms with van der Waals surface area (Å²) in [5.74, 6) is 0.691. The zero-order valence-corrected chi connectivity index (χ0v) is 14.9. The molecule has 0 radical (unpaired) electrons. The lowest BCUT2D eigenvalue weighted by molar-refractivity contribution is -0.132. The number of para-hydroxylation sites is 1. The summed E-state index contributed by atoms with van der Waals surface area (Å²) in [7, 11) is 1.78. The summed E-state index contributed by atoms with van der Waals surface area (Å²) in [6.07, 6.45) is 0. The molecule has 0 aliphatic rings. The Morgan fingerprint density at radius 2 is 2.00 bits per heavy atom. The van der Waals surface area contributed by atoms with Crippen LogP contribution in [0.5, 0.6) is 5.75 Å². The highest BCUT2D eigenvalue weighted by Gasteiger charge is 2.13. The van der Waals surface area contributed by atoms with Crippen LogP contribution in [-0.4, -0.2) is 29.4 Å². The van der Waals surface area contributed by atoms with Gasteiger partial charge in [-0.2, -0.15) is 0 Å². The number of hydrogen-bond donors (Lipinski definition) is 0. The smallest absolute Gasteiger partial charge is 0.260 e. The van der Waals surface area contributed by atoms with Gasteiger partial charge in [-0.05, 0) is 37.6 Å². The van der Waals surface area contributed by atoms with Gasteiger partial charge in [-0.15, -0.1) is 11.3 Å². The van der Waals surface area contributed by atoms with E-state index in [9.17, 15) is 4.79 Å². The van der Waals surface area contributed by atoms with E-state index in [2.05, 4.69) is 4.98 Å². The number of fused-ring (bicyclic) bond motifs is 1. The lowest BCUT2D eigenvalue weighted by Gasteiger charge is -2.16. The Balaban J connectivity index is 1.60. The fraction of sp³-hybridized carbons (Fsp3) is 0.263. The molecule has 124 valence electrons. The molecule has 4 nitrogen and oxygen atoms in total. The number of carbonyl (C=O) groups excluding carboxylic acids is 1. The maximum atomic E-state index is 12.3. The van der Waals surface area contributed by atoms with Gasteiger partial charge in [-0.1, -0.05) is 29.8 Å². The number of likely N-dealkylation sites (N-methyl/N-ethyl adjacent to an activating group) is 1. The van der Waals surface area contributed by atoms with E-state index in [1.165, 1.54) is 5.56 Å². The van der Waals surface area contributed by atoms with Gasteiger partial charge in [0.15, 0.2) is 6.61 Å². The van der Waals surface area contributed by atoms with Crippen molar-refractivity contribution in [1.82, 2.24) is 9.88 Å². The maximum absolute atomic E-state index is 12.3. The molecule has 3 aromatic rings. The van der Waals surface area contributed by atoms with Gasteiger partial charge in [-0.25, -0.2) is 4.98 Å². The Bertz CT molecular complexity index is 840. The van der Waals surface area contributed by atoms with Crippen LogP contribution >= 0.6 is 11.3 Å². The highest BCUT2D eigenvalue weighted by atomic mass is 32.1. The lowest BCUT2D eigenvalue weighted by atomic mass is 10.1. The molecule has 2 aromatic carbocycles. The average Bonchev–Trinajstić information content (AvgIpc) is 2.95. The number of aryl methyl sites for hydroxylation is 2. The minimum Gasteiger partial charge on any atom is -0.484 e. The summed E-state index contributed by atoms with van der Waals surface area (Å²) in [6.45, 7) is 4.55. The Hall–Kier alpha value is -2.40. The average molecular weight is 340 g/mol. The molecule has 1 heterocycles. The van der Waals surface area contributed by atoms with E-state index in [0.717, 1.165) is 26.5 Å². The van der Waals surface area contributed by atoms with E-state index in [1.54, 1.807) is 23.3 Å². The summed E-state index contributed by atoms with van der Waals surface area (Å²) in [5.41, 5.74) is 3.20. The monoisotopic (exact) mass is 340 g/mol. The third kappa shape index (κ3) is 3.74. The van der Waals surface area contributed by atoms with Crippen LogP contribution in [0.4, 0.5) is 0 Å². The SMILES string of the molecule is Cc1ccc(OCC(=O)N(C)Cc2nc3ccccc3s2)c(C)c1. The molecule has 0 atom stereocenters. The molecule has 5 heteroatoms.